The Hall–Kier alpha value is -7.50. The SMILES string of the molecule is c1ccc(-c2nc(-c3ccccc3)nc(-c3cccc4c3-c3c(-c5ccc(-c6cccnc6)cc5)cccc3C43c4ccccc4Oc4ccccc43)n2)cc1. The maximum absolute atomic E-state index is 6.67. The van der Waals surface area contributed by atoms with Crippen molar-refractivity contribution in [3.63, 3.8) is 0 Å². The molecule has 262 valence electrons. The highest BCUT2D eigenvalue weighted by Gasteiger charge is 2.52. The van der Waals surface area contributed by atoms with Crippen LogP contribution in [-0.4, -0.2) is 19.9 Å². The molecule has 1 aliphatic carbocycles. The van der Waals surface area contributed by atoms with Crippen LogP contribution in [0, 0.1) is 0 Å². The molecular formula is C51H32N4O. The van der Waals surface area contributed by atoms with Crippen molar-refractivity contribution < 1.29 is 4.74 Å². The summed E-state index contributed by atoms with van der Waals surface area (Å²) in [5.41, 5.74) is 13.4. The molecule has 2 aliphatic rings. The quantitative estimate of drug-likeness (QED) is 0.177. The summed E-state index contributed by atoms with van der Waals surface area (Å²) in [6.07, 6.45) is 3.71. The van der Waals surface area contributed by atoms with Gasteiger partial charge in [0.2, 0.25) is 0 Å². The van der Waals surface area contributed by atoms with Gasteiger partial charge in [0.15, 0.2) is 17.5 Å². The van der Waals surface area contributed by atoms with E-state index in [1.54, 1.807) is 6.20 Å². The van der Waals surface area contributed by atoms with E-state index in [4.69, 9.17) is 19.7 Å². The van der Waals surface area contributed by atoms with Crippen LogP contribution in [0.15, 0.2) is 194 Å². The van der Waals surface area contributed by atoms with Crippen molar-refractivity contribution in [2.75, 3.05) is 0 Å². The van der Waals surface area contributed by atoms with E-state index < -0.39 is 5.41 Å². The fourth-order valence-electron chi connectivity index (χ4n) is 8.72. The predicted octanol–water partition coefficient (Wildman–Crippen LogP) is 12.1. The van der Waals surface area contributed by atoms with Crippen LogP contribution in [0.1, 0.15) is 22.3 Å². The number of hydrogen-bond acceptors (Lipinski definition) is 5. The first kappa shape index (κ1) is 32.0. The van der Waals surface area contributed by atoms with Gasteiger partial charge in [-0.1, -0.05) is 164 Å². The Labute approximate surface area is 324 Å². The zero-order valence-electron chi connectivity index (χ0n) is 30.2. The van der Waals surface area contributed by atoms with E-state index in [9.17, 15) is 0 Å². The second-order valence-electron chi connectivity index (χ2n) is 14.2. The highest BCUT2D eigenvalue weighted by atomic mass is 16.5. The molecule has 0 amide bonds. The van der Waals surface area contributed by atoms with Crippen LogP contribution in [0.25, 0.3) is 67.5 Å². The number of hydrogen-bond donors (Lipinski definition) is 0. The summed E-state index contributed by atoms with van der Waals surface area (Å²) in [6, 6.07) is 63.5. The number of pyridine rings is 1. The summed E-state index contributed by atoms with van der Waals surface area (Å²) < 4.78 is 6.67. The standard InChI is InChI=1S/C51H32N4O/c1-3-14-35(15-4-1)48-53-49(36-16-5-2-6-17-36)55-50(54-48)39-20-12-24-43-47(39)46-38(34-29-27-33(28-30-34)37-18-13-31-52-32-37)19-11-23-42(46)51(43)40-21-7-9-25-44(40)56-45-26-10-8-22-41(45)51/h1-32H. The molecule has 9 aromatic rings. The van der Waals surface area contributed by atoms with E-state index in [0.29, 0.717) is 17.5 Å². The van der Waals surface area contributed by atoms with Crippen LogP contribution in [0.2, 0.25) is 0 Å². The van der Waals surface area contributed by atoms with Gasteiger partial charge in [0.25, 0.3) is 0 Å². The highest BCUT2D eigenvalue weighted by Crippen LogP contribution is 2.64. The number of benzene rings is 7. The average Bonchev–Trinajstić information content (AvgIpc) is 3.58. The van der Waals surface area contributed by atoms with Crippen LogP contribution in [0.5, 0.6) is 11.5 Å². The summed E-state index contributed by atoms with van der Waals surface area (Å²) in [7, 11) is 0. The molecule has 7 aromatic carbocycles. The summed E-state index contributed by atoms with van der Waals surface area (Å²) in [5.74, 6) is 3.56. The summed E-state index contributed by atoms with van der Waals surface area (Å²) in [6.45, 7) is 0. The molecule has 5 nitrogen and oxygen atoms in total. The molecule has 0 saturated carbocycles. The zero-order valence-corrected chi connectivity index (χ0v) is 30.2. The van der Waals surface area contributed by atoms with Crippen LogP contribution in [0.3, 0.4) is 0 Å². The van der Waals surface area contributed by atoms with Crippen molar-refractivity contribution in [3.8, 4) is 79.0 Å². The minimum Gasteiger partial charge on any atom is -0.457 e. The van der Waals surface area contributed by atoms with Gasteiger partial charge in [-0.15, -0.1) is 0 Å². The Morgan fingerprint density at radius 3 is 1.41 bits per heavy atom. The third kappa shape index (κ3) is 4.88. The number of ether oxygens (including phenoxy) is 1. The van der Waals surface area contributed by atoms with E-state index >= 15 is 0 Å². The lowest BCUT2D eigenvalue weighted by molar-refractivity contribution is 0.436. The number of fused-ring (bicyclic) bond motifs is 9. The fourth-order valence-corrected chi connectivity index (χ4v) is 8.72. The predicted molar refractivity (Wildman–Crippen MR) is 222 cm³/mol. The Morgan fingerprint density at radius 2 is 0.821 bits per heavy atom. The zero-order chi connectivity index (χ0) is 37.1. The molecule has 3 heterocycles. The Kier molecular flexibility index (Phi) is 7.32. The number of rotatable bonds is 5. The van der Waals surface area contributed by atoms with Crippen molar-refractivity contribution in [1.29, 1.82) is 0 Å². The minimum atomic E-state index is -0.671. The maximum atomic E-state index is 6.67. The molecule has 0 N–H and O–H groups in total. The van der Waals surface area contributed by atoms with Gasteiger partial charge in [-0.25, -0.2) is 15.0 Å². The maximum Gasteiger partial charge on any atom is 0.164 e. The smallest absolute Gasteiger partial charge is 0.164 e. The van der Waals surface area contributed by atoms with E-state index in [0.717, 1.165) is 78.3 Å². The first-order valence-corrected chi connectivity index (χ1v) is 18.8. The molecule has 0 bridgehead atoms. The minimum absolute atomic E-state index is 0.618. The lowest BCUT2D eigenvalue weighted by Crippen LogP contribution is -2.32. The van der Waals surface area contributed by atoms with Gasteiger partial charge in [0.1, 0.15) is 11.5 Å². The van der Waals surface area contributed by atoms with Gasteiger partial charge in [-0.05, 0) is 62.7 Å². The number of nitrogens with zero attached hydrogens (tertiary/aromatic N) is 4. The highest BCUT2D eigenvalue weighted by molar-refractivity contribution is 6.02. The Morgan fingerprint density at radius 1 is 0.339 bits per heavy atom. The van der Waals surface area contributed by atoms with Crippen molar-refractivity contribution in [1.82, 2.24) is 19.9 Å². The molecule has 0 atom stereocenters. The molecule has 11 rings (SSSR count). The largest absolute Gasteiger partial charge is 0.457 e. The lowest BCUT2D eigenvalue weighted by atomic mass is 9.66. The topological polar surface area (TPSA) is 60.8 Å². The van der Waals surface area contributed by atoms with Crippen molar-refractivity contribution in [3.05, 3.63) is 217 Å². The fraction of sp³-hybridized carbons (Fsp3) is 0.0196. The molecule has 0 fully saturated rings. The van der Waals surface area contributed by atoms with Gasteiger partial charge in [-0.3, -0.25) is 4.98 Å². The Bertz CT molecular complexity index is 2830. The van der Waals surface area contributed by atoms with Crippen molar-refractivity contribution in [2.45, 2.75) is 5.41 Å². The number of para-hydroxylation sites is 2. The Balaban J connectivity index is 1.23. The molecule has 5 heteroatoms. The van der Waals surface area contributed by atoms with Crippen LogP contribution >= 0.6 is 0 Å². The molecule has 2 aromatic heterocycles. The lowest BCUT2D eigenvalue weighted by Gasteiger charge is -2.39. The monoisotopic (exact) mass is 716 g/mol. The second-order valence-corrected chi connectivity index (χ2v) is 14.2. The van der Waals surface area contributed by atoms with E-state index in [2.05, 4.69) is 145 Å². The molecule has 1 spiro atoms. The van der Waals surface area contributed by atoms with Gasteiger partial charge in [0.05, 0.1) is 5.41 Å². The van der Waals surface area contributed by atoms with E-state index in [-0.39, 0.29) is 0 Å². The normalized spacial score (nSPS) is 12.9. The molecule has 0 saturated heterocycles. The van der Waals surface area contributed by atoms with Gasteiger partial charge < -0.3 is 4.74 Å². The third-order valence-corrected chi connectivity index (χ3v) is 11.1. The van der Waals surface area contributed by atoms with Crippen molar-refractivity contribution in [2.24, 2.45) is 0 Å². The summed E-state index contributed by atoms with van der Waals surface area (Å²) in [5, 5.41) is 0. The van der Waals surface area contributed by atoms with Crippen LogP contribution in [-0.2, 0) is 5.41 Å². The summed E-state index contributed by atoms with van der Waals surface area (Å²) >= 11 is 0. The van der Waals surface area contributed by atoms with E-state index in [1.165, 1.54) is 5.56 Å². The van der Waals surface area contributed by atoms with Gasteiger partial charge in [-0.2, -0.15) is 0 Å². The van der Waals surface area contributed by atoms with Crippen LogP contribution in [0.4, 0.5) is 0 Å². The molecule has 0 unspecified atom stereocenters. The number of aromatic nitrogens is 4. The molecule has 0 radical (unpaired) electrons. The van der Waals surface area contributed by atoms with E-state index in [1.807, 2.05) is 48.7 Å². The third-order valence-electron chi connectivity index (χ3n) is 11.1. The van der Waals surface area contributed by atoms with Gasteiger partial charge >= 0.3 is 0 Å². The average molecular weight is 717 g/mol. The molecule has 56 heavy (non-hydrogen) atoms. The molecule has 1 aliphatic heterocycles. The van der Waals surface area contributed by atoms with Crippen molar-refractivity contribution >= 4 is 0 Å². The summed E-state index contributed by atoms with van der Waals surface area (Å²) in [4.78, 5) is 19.9. The first-order chi connectivity index (χ1) is 27.8. The second kappa shape index (κ2) is 12.8. The van der Waals surface area contributed by atoms with Crippen LogP contribution < -0.4 is 4.74 Å². The molecular weight excluding hydrogens is 685 g/mol. The van der Waals surface area contributed by atoms with Gasteiger partial charge in [0, 0.05) is 40.2 Å². The first-order valence-electron chi connectivity index (χ1n) is 18.8.